The highest BCUT2D eigenvalue weighted by molar-refractivity contribution is 7.90. The van der Waals surface area contributed by atoms with Gasteiger partial charge in [-0.3, -0.25) is 14.6 Å². The van der Waals surface area contributed by atoms with Gasteiger partial charge < -0.3 is 20.3 Å². The van der Waals surface area contributed by atoms with E-state index in [2.05, 4.69) is 10.3 Å². The number of benzene rings is 2. The number of pyridine rings is 1. The second kappa shape index (κ2) is 17.9. The zero-order chi connectivity index (χ0) is 30.0. The number of aliphatic hydroxyl groups excluding tert-OH is 1. The lowest BCUT2D eigenvalue weighted by Crippen LogP contribution is -2.33. The van der Waals surface area contributed by atoms with E-state index in [0.29, 0.717) is 18.8 Å². The summed E-state index contributed by atoms with van der Waals surface area (Å²) in [5.74, 6) is -2.52. The van der Waals surface area contributed by atoms with Crippen LogP contribution in [0.3, 0.4) is 0 Å². The average molecular weight is 669 g/mol. The highest BCUT2D eigenvalue weighted by Crippen LogP contribution is 2.31. The normalized spacial score (nSPS) is 14.0. The van der Waals surface area contributed by atoms with Gasteiger partial charge >= 0.3 is 5.97 Å². The quantitative estimate of drug-likeness (QED) is 0.179. The molecule has 3 aromatic rings. The van der Waals surface area contributed by atoms with E-state index in [1.807, 2.05) is 35.1 Å². The van der Waals surface area contributed by atoms with Crippen LogP contribution in [0.1, 0.15) is 66.1 Å². The first-order chi connectivity index (χ1) is 20.2. The Hall–Kier alpha value is -3.22. The standard InChI is InChI=1S/C31H37N3O7S.2ClH/c35-28(25-5-4-16-32-20-25)21-33-17-14-22-8-10-23(11-9-22)24-12-13-27(29(19-24)41-26-6-2-1-3-7-26)31(38)34-42(39,40)18-15-30(36)37;;/h4-5,8-13,16,19-20,26,28,33,35H,1-3,6-7,14-15,17-18,21H2,(H,34,38)(H,36,37);2*1H/t28-;;/m0../s1. The minimum Gasteiger partial charge on any atom is -0.490 e. The first kappa shape index (κ1) is 37.0. The van der Waals surface area contributed by atoms with Gasteiger partial charge in [0.15, 0.2) is 0 Å². The number of amides is 1. The largest absolute Gasteiger partial charge is 0.490 e. The number of sulfonamides is 1. The van der Waals surface area contributed by atoms with Crippen LogP contribution >= 0.6 is 24.8 Å². The third-order valence-corrected chi connectivity index (χ3v) is 8.43. The molecule has 0 saturated heterocycles. The molecular formula is C31H39Cl2N3O7S. The fraction of sp³-hybridized carbons (Fsp3) is 0.387. The monoisotopic (exact) mass is 667 g/mol. The number of nitrogens with one attached hydrogen (secondary N) is 2. The number of halogens is 2. The van der Waals surface area contributed by atoms with Gasteiger partial charge in [-0.1, -0.05) is 42.8 Å². The number of aliphatic hydroxyl groups is 1. The molecule has 2 aromatic carbocycles. The molecule has 0 unspecified atom stereocenters. The summed E-state index contributed by atoms with van der Waals surface area (Å²) in [5.41, 5.74) is 3.69. The molecule has 0 bridgehead atoms. The summed E-state index contributed by atoms with van der Waals surface area (Å²) in [5, 5.41) is 22.3. The van der Waals surface area contributed by atoms with E-state index in [1.165, 1.54) is 0 Å². The summed E-state index contributed by atoms with van der Waals surface area (Å²) in [6.45, 7) is 1.11. The highest BCUT2D eigenvalue weighted by atomic mass is 35.5. The Balaban J connectivity index is 0.00000337. The number of aliphatic carboxylic acids is 1. The molecule has 13 heteroatoms. The zero-order valence-electron chi connectivity index (χ0n) is 24.2. The lowest BCUT2D eigenvalue weighted by atomic mass is 9.97. The molecule has 10 nitrogen and oxygen atoms in total. The van der Waals surface area contributed by atoms with Crippen molar-refractivity contribution in [2.75, 3.05) is 18.8 Å². The van der Waals surface area contributed by atoms with Gasteiger partial charge in [0.25, 0.3) is 5.91 Å². The topological polar surface area (TPSA) is 155 Å². The molecule has 44 heavy (non-hydrogen) atoms. The lowest BCUT2D eigenvalue weighted by Gasteiger charge is -2.24. The Bertz CT molecular complexity index is 1450. The summed E-state index contributed by atoms with van der Waals surface area (Å²) in [6, 6.07) is 16.7. The summed E-state index contributed by atoms with van der Waals surface area (Å²) < 4.78 is 32.8. The van der Waals surface area contributed by atoms with Gasteiger partial charge in [0.1, 0.15) is 5.75 Å². The van der Waals surface area contributed by atoms with Crippen molar-refractivity contribution in [2.45, 2.75) is 57.2 Å². The van der Waals surface area contributed by atoms with Gasteiger partial charge in [0, 0.05) is 24.5 Å². The van der Waals surface area contributed by atoms with Crippen molar-refractivity contribution < 1.29 is 33.0 Å². The third-order valence-electron chi connectivity index (χ3n) is 7.19. The second-order valence-electron chi connectivity index (χ2n) is 10.4. The number of hydrogen-bond donors (Lipinski definition) is 4. The van der Waals surface area contributed by atoms with Crippen molar-refractivity contribution >= 4 is 46.7 Å². The smallest absolute Gasteiger partial charge is 0.304 e. The minimum atomic E-state index is -4.13. The lowest BCUT2D eigenvalue weighted by molar-refractivity contribution is -0.136. The van der Waals surface area contributed by atoms with E-state index in [4.69, 9.17) is 9.84 Å². The number of carboxylic acid groups (broad SMARTS) is 1. The molecule has 0 spiro atoms. The van der Waals surface area contributed by atoms with Crippen LogP contribution in [0.4, 0.5) is 0 Å². The summed E-state index contributed by atoms with van der Waals surface area (Å²) in [6.07, 6.45) is 7.66. The van der Waals surface area contributed by atoms with E-state index in [1.54, 1.807) is 36.7 Å². The molecule has 1 amide bonds. The fourth-order valence-electron chi connectivity index (χ4n) is 4.84. The zero-order valence-corrected chi connectivity index (χ0v) is 26.6. The molecule has 4 rings (SSSR count). The Morgan fingerprint density at radius 3 is 2.36 bits per heavy atom. The summed E-state index contributed by atoms with van der Waals surface area (Å²) in [7, 11) is -4.13. The molecule has 4 N–H and O–H groups in total. The van der Waals surface area contributed by atoms with Gasteiger partial charge in [-0.25, -0.2) is 13.1 Å². The molecule has 1 heterocycles. The van der Waals surface area contributed by atoms with E-state index < -0.39 is 40.2 Å². The van der Waals surface area contributed by atoms with Crippen molar-refractivity contribution in [1.29, 1.82) is 0 Å². The summed E-state index contributed by atoms with van der Waals surface area (Å²) in [4.78, 5) is 27.8. The van der Waals surface area contributed by atoms with Crippen molar-refractivity contribution in [3.63, 3.8) is 0 Å². The number of nitrogens with zero attached hydrogens (tertiary/aromatic N) is 1. The van der Waals surface area contributed by atoms with Gasteiger partial charge in [-0.05, 0) is 73.5 Å². The predicted octanol–water partition coefficient (Wildman–Crippen LogP) is 4.70. The number of ether oxygens (including phenoxy) is 1. The first-order valence-corrected chi connectivity index (χ1v) is 15.8. The van der Waals surface area contributed by atoms with Crippen LogP contribution in [0.25, 0.3) is 11.1 Å². The molecule has 0 aliphatic heterocycles. The van der Waals surface area contributed by atoms with Crippen molar-refractivity contribution in [2.24, 2.45) is 0 Å². The van der Waals surface area contributed by atoms with E-state index in [-0.39, 0.29) is 36.5 Å². The number of hydrogen-bond acceptors (Lipinski definition) is 8. The molecule has 0 radical (unpaired) electrons. The molecular weight excluding hydrogens is 629 g/mol. The summed E-state index contributed by atoms with van der Waals surface area (Å²) >= 11 is 0. The molecule has 1 saturated carbocycles. The molecule has 240 valence electrons. The first-order valence-electron chi connectivity index (χ1n) is 14.2. The molecule has 1 fully saturated rings. The number of carbonyl (C=O) groups excluding carboxylic acids is 1. The Morgan fingerprint density at radius 1 is 1.00 bits per heavy atom. The Kier molecular flexibility index (Phi) is 15.1. The van der Waals surface area contributed by atoms with E-state index in [0.717, 1.165) is 60.8 Å². The number of carbonyl (C=O) groups is 2. The number of carboxylic acids is 1. The Morgan fingerprint density at radius 2 is 1.70 bits per heavy atom. The SMILES string of the molecule is Cl.Cl.O=C(O)CCS(=O)(=O)NC(=O)c1ccc(-c2ccc(CCNC[C@H](O)c3cccnc3)cc2)cc1OC1CCCCC1. The molecule has 1 aliphatic carbocycles. The van der Waals surface area contributed by atoms with Crippen molar-refractivity contribution in [3.8, 4) is 16.9 Å². The van der Waals surface area contributed by atoms with Gasteiger partial charge in [-0.2, -0.15) is 0 Å². The maximum Gasteiger partial charge on any atom is 0.304 e. The maximum atomic E-state index is 13.0. The van der Waals surface area contributed by atoms with Crippen LogP contribution in [-0.4, -0.2) is 60.4 Å². The minimum absolute atomic E-state index is 0. The Labute approximate surface area is 270 Å². The predicted molar refractivity (Wildman–Crippen MR) is 173 cm³/mol. The third kappa shape index (κ3) is 11.4. The fourth-order valence-corrected chi connectivity index (χ4v) is 5.78. The van der Waals surface area contributed by atoms with Crippen LogP contribution in [0.15, 0.2) is 67.0 Å². The van der Waals surface area contributed by atoms with Gasteiger partial charge in [0.05, 0.1) is 29.9 Å². The number of aromatic nitrogens is 1. The van der Waals surface area contributed by atoms with Gasteiger partial charge in [0.2, 0.25) is 10.0 Å². The second-order valence-corrected chi connectivity index (χ2v) is 12.3. The van der Waals surface area contributed by atoms with Crippen LogP contribution in [-0.2, 0) is 21.2 Å². The average Bonchev–Trinajstić information content (AvgIpc) is 2.99. The van der Waals surface area contributed by atoms with Crippen LogP contribution < -0.4 is 14.8 Å². The van der Waals surface area contributed by atoms with Crippen molar-refractivity contribution in [3.05, 3.63) is 83.7 Å². The van der Waals surface area contributed by atoms with Gasteiger partial charge in [-0.15, -0.1) is 24.8 Å². The molecule has 1 atom stereocenters. The van der Waals surface area contributed by atoms with Crippen molar-refractivity contribution in [1.82, 2.24) is 15.0 Å². The van der Waals surface area contributed by atoms with E-state index in [9.17, 15) is 23.1 Å². The van der Waals surface area contributed by atoms with Crippen LogP contribution in [0.2, 0.25) is 0 Å². The molecule has 1 aromatic heterocycles. The van der Waals surface area contributed by atoms with E-state index >= 15 is 0 Å². The molecule has 1 aliphatic rings. The van der Waals surface area contributed by atoms with Crippen LogP contribution in [0, 0.1) is 0 Å². The maximum absolute atomic E-state index is 13.0. The number of rotatable bonds is 14. The van der Waals surface area contributed by atoms with Crippen LogP contribution in [0.5, 0.6) is 5.75 Å². The highest BCUT2D eigenvalue weighted by Gasteiger charge is 2.23.